The van der Waals surface area contributed by atoms with Crippen molar-refractivity contribution in [3.8, 4) is 0 Å². The minimum Gasteiger partial charge on any atom is -0.362 e. The molecule has 1 N–H and O–H groups in total. The Morgan fingerprint density at radius 3 is 2.25 bits per heavy atom. The van der Waals surface area contributed by atoms with E-state index in [2.05, 4.69) is 19.2 Å². The lowest BCUT2D eigenvalue weighted by atomic mass is 10.0. The summed E-state index contributed by atoms with van der Waals surface area (Å²) in [6, 6.07) is 7.68. The van der Waals surface area contributed by atoms with Crippen molar-refractivity contribution in [2.45, 2.75) is 19.8 Å². The molecule has 0 fully saturated rings. The molecule has 0 unspecified atom stereocenters. The number of carbonyl (C=O) groups excluding carboxylic acids is 2. The topological polar surface area (TPSA) is 58.6 Å². The molecule has 5 heteroatoms. The zero-order chi connectivity index (χ0) is 15.1. The number of hydrogen-bond acceptors (Lipinski definition) is 3. The molecular weight excluding hydrogens is 256 g/mol. The summed E-state index contributed by atoms with van der Waals surface area (Å²) < 4.78 is 5.05. The van der Waals surface area contributed by atoms with Gasteiger partial charge in [0, 0.05) is 19.8 Å². The predicted octanol–water partition coefficient (Wildman–Crippen LogP) is 1.85. The van der Waals surface area contributed by atoms with Gasteiger partial charge in [-0.2, -0.15) is 0 Å². The third-order valence-electron chi connectivity index (χ3n) is 2.82. The summed E-state index contributed by atoms with van der Waals surface area (Å²) in [5.74, 6) is 0.0214. The molecule has 0 aliphatic heterocycles. The molecule has 0 aromatic heterocycles. The molecule has 0 bridgehead atoms. The van der Waals surface area contributed by atoms with Crippen LogP contribution in [0, 0.1) is 0 Å². The number of carbonyl (C=O) groups is 2. The molecule has 0 atom stereocenters. The van der Waals surface area contributed by atoms with Crippen molar-refractivity contribution in [3.63, 3.8) is 0 Å². The van der Waals surface area contributed by atoms with Crippen molar-refractivity contribution in [1.82, 2.24) is 4.90 Å². The van der Waals surface area contributed by atoms with Crippen LogP contribution < -0.4 is 5.32 Å². The van der Waals surface area contributed by atoms with Gasteiger partial charge in [-0.1, -0.05) is 26.0 Å². The molecule has 1 aromatic rings. The van der Waals surface area contributed by atoms with Gasteiger partial charge in [0.2, 0.25) is 11.8 Å². The fourth-order valence-electron chi connectivity index (χ4n) is 1.51. The minimum atomic E-state index is -0.270. The Labute approximate surface area is 119 Å². The molecule has 0 spiro atoms. The van der Waals surface area contributed by atoms with E-state index in [1.54, 1.807) is 14.1 Å². The van der Waals surface area contributed by atoms with E-state index in [9.17, 15) is 9.59 Å². The van der Waals surface area contributed by atoms with Crippen molar-refractivity contribution in [2.24, 2.45) is 0 Å². The van der Waals surface area contributed by atoms with E-state index < -0.39 is 0 Å². The van der Waals surface area contributed by atoms with E-state index in [1.807, 2.05) is 24.3 Å². The zero-order valence-electron chi connectivity index (χ0n) is 12.5. The number of anilines is 1. The van der Waals surface area contributed by atoms with Crippen molar-refractivity contribution < 1.29 is 14.3 Å². The second-order valence-electron chi connectivity index (χ2n) is 5.11. The van der Waals surface area contributed by atoms with Crippen LogP contribution in [0.4, 0.5) is 5.69 Å². The lowest BCUT2D eigenvalue weighted by Crippen LogP contribution is -2.28. The largest absolute Gasteiger partial charge is 0.362 e. The van der Waals surface area contributed by atoms with Gasteiger partial charge in [0.1, 0.15) is 13.2 Å². The van der Waals surface area contributed by atoms with Gasteiger partial charge in [-0.3, -0.25) is 9.59 Å². The molecule has 0 radical (unpaired) electrons. The van der Waals surface area contributed by atoms with Gasteiger partial charge in [-0.25, -0.2) is 0 Å². The van der Waals surface area contributed by atoms with E-state index in [4.69, 9.17) is 4.74 Å². The first-order valence-corrected chi connectivity index (χ1v) is 6.58. The van der Waals surface area contributed by atoms with Gasteiger partial charge in [-0.15, -0.1) is 0 Å². The van der Waals surface area contributed by atoms with Crippen LogP contribution in [0.15, 0.2) is 24.3 Å². The van der Waals surface area contributed by atoms with Crippen LogP contribution in [0.3, 0.4) is 0 Å². The number of rotatable bonds is 6. The Balaban J connectivity index is 2.37. The fourth-order valence-corrected chi connectivity index (χ4v) is 1.51. The van der Waals surface area contributed by atoms with Gasteiger partial charge >= 0.3 is 0 Å². The highest BCUT2D eigenvalue weighted by Crippen LogP contribution is 2.16. The van der Waals surface area contributed by atoms with E-state index in [-0.39, 0.29) is 25.0 Å². The van der Waals surface area contributed by atoms with Gasteiger partial charge in [-0.05, 0) is 23.6 Å². The highest BCUT2D eigenvalue weighted by Gasteiger charge is 2.07. The van der Waals surface area contributed by atoms with E-state index in [0.29, 0.717) is 5.92 Å². The van der Waals surface area contributed by atoms with Crippen LogP contribution >= 0.6 is 0 Å². The van der Waals surface area contributed by atoms with Crippen LogP contribution in [-0.2, 0) is 14.3 Å². The standard InChI is InChI=1S/C15H22N2O3/c1-11(2)12-5-7-13(8-6-12)16-14(18)9-20-10-15(19)17(3)4/h5-8,11H,9-10H2,1-4H3,(H,16,18). The summed E-state index contributed by atoms with van der Waals surface area (Å²) in [6.07, 6.45) is 0. The van der Waals surface area contributed by atoms with Crippen LogP contribution in [0.2, 0.25) is 0 Å². The Kier molecular flexibility index (Phi) is 6.18. The molecule has 0 aliphatic rings. The molecule has 1 rings (SSSR count). The van der Waals surface area contributed by atoms with Crippen molar-refractivity contribution in [3.05, 3.63) is 29.8 Å². The number of hydrogen-bond donors (Lipinski definition) is 1. The summed E-state index contributed by atoms with van der Waals surface area (Å²) in [7, 11) is 3.28. The molecule has 0 saturated carbocycles. The van der Waals surface area contributed by atoms with Gasteiger partial charge < -0.3 is 15.0 Å². The number of nitrogens with zero attached hydrogens (tertiary/aromatic N) is 1. The Hall–Kier alpha value is -1.88. The molecule has 1 aromatic carbocycles. The maximum Gasteiger partial charge on any atom is 0.250 e. The Morgan fingerprint density at radius 1 is 1.15 bits per heavy atom. The predicted molar refractivity (Wildman–Crippen MR) is 78.7 cm³/mol. The lowest BCUT2D eigenvalue weighted by molar-refractivity contribution is -0.135. The first-order valence-electron chi connectivity index (χ1n) is 6.58. The molecule has 110 valence electrons. The number of nitrogens with one attached hydrogen (secondary N) is 1. The summed E-state index contributed by atoms with van der Waals surface area (Å²) in [6.45, 7) is 4.00. The summed E-state index contributed by atoms with van der Waals surface area (Å²) in [5, 5.41) is 2.72. The summed E-state index contributed by atoms with van der Waals surface area (Å²) >= 11 is 0. The van der Waals surface area contributed by atoms with Crippen molar-refractivity contribution in [2.75, 3.05) is 32.6 Å². The third kappa shape index (κ3) is 5.40. The second-order valence-corrected chi connectivity index (χ2v) is 5.11. The first kappa shape index (κ1) is 16.2. The maximum absolute atomic E-state index is 11.6. The first-order chi connectivity index (χ1) is 9.40. The van der Waals surface area contributed by atoms with E-state index >= 15 is 0 Å². The summed E-state index contributed by atoms with van der Waals surface area (Å²) in [4.78, 5) is 24.3. The number of likely N-dealkylation sites (N-methyl/N-ethyl adjacent to an activating group) is 1. The molecule has 0 aliphatic carbocycles. The molecular formula is C15H22N2O3. The van der Waals surface area contributed by atoms with Crippen LogP contribution in [0.5, 0.6) is 0 Å². The number of ether oxygens (including phenoxy) is 1. The molecule has 20 heavy (non-hydrogen) atoms. The smallest absolute Gasteiger partial charge is 0.250 e. The monoisotopic (exact) mass is 278 g/mol. The van der Waals surface area contributed by atoms with Gasteiger partial charge in [0.05, 0.1) is 0 Å². The third-order valence-corrected chi connectivity index (χ3v) is 2.82. The molecule has 5 nitrogen and oxygen atoms in total. The number of amides is 2. The Morgan fingerprint density at radius 2 is 1.75 bits per heavy atom. The van der Waals surface area contributed by atoms with Gasteiger partial charge in [0.15, 0.2) is 0 Å². The van der Waals surface area contributed by atoms with Crippen molar-refractivity contribution >= 4 is 17.5 Å². The fraction of sp³-hybridized carbons (Fsp3) is 0.467. The molecule has 0 heterocycles. The van der Waals surface area contributed by atoms with Crippen LogP contribution in [0.25, 0.3) is 0 Å². The average Bonchev–Trinajstić information content (AvgIpc) is 2.39. The average molecular weight is 278 g/mol. The summed E-state index contributed by atoms with van der Waals surface area (Å²) in [5.41, 5.74) is 1.94. The second kappa shape index (κ2) is 7.65. The highest BCUT2D eigenvalue weighted by molar-refractivity contribution is 5.91. The van der Waals surface area contributed by atoms with Crippen molar-refractivity contribution in [1.29, 1.82) is 0 Å². The SMILES string of the molecule is CC(C)c1ccc(NC(=O)COCC(=O)N(C)C)cc1. The quantitative estimate of drug-likeness (QED) is 0.864. The Bertz CT molecular complexity index is 453. The molecule has 0 saturated heterocycles. The minimum absolute atomic E-state index is 0.0906. The van der Waals surface area contributed by atoms with Crippen LogP contribution in [-0.4, -0.2) is 44.0 Å². The van der Waals surface area contributed by atoms with E-state index in [1.165, 1.54) is 10.5 Å². The number of benzene rings is 1. The molecule has 2 amide bonds. The van der Waals surface area contributed by atoms with E-state index in [0.717, 1.165) is 5.69 Å². The lowest BCUT2D eigenvalue weighted by Gasteiger charge is -2.11. The highest BCUT2D eigenvalue weighted by atomic mass is 16.5. The van der Waals surface area contributed by atoms with Crippen LogP contribution in [0.1, 0.15) is 25.3 Å². The van der Waals surface area contributed by atoms with Gasteiger partial charge in [0.25, 0.3) is 0 Å². The normalized spacial score (nSPS) is 10.4. The maximum atomic E-state index is 11.6. The zero-order valence-corrected chi connectivity index (χ0v) is 12.5.